The molecule has 3 rings (SSSR count). The molecule has 114 valence electrons. The van der Waals surface area contributed by atoms with Gasteiger partial charge in [0.1, 0.15) is 5.69 Å². The fourth-order valence-corrected chi connectivity index (χ4v) is 3.39. The molecule has 22 heavy (non-hydrogen) atoms. The maximum atomic E-state index is 12.5. The van der Waals surface area contributed by atoms with Crippen LogP contribution in [0.15, 0.2) is 40.9 Å². The second kappa shape index (κ2) is 5.93. The van der Waals surface area contributed by atoms with Crippen LogP contribution in [0.1, 0.15) is 28.4 Å². The van der Waals surface area contributed by atoms with E-state index < -0.39 is 0 Å². The molecule has 0 bridgehead atoms. The molecule has 0 radical (unpaired) electrons. The number of hydrogen-bond donors (Lipinski definition) is 0. The largest absolute Gasteiger partial charge is 0.356 e. The Morgan fingerprint density at radius 2 is 2.09 bits per heavy atom. The summed E-state index contributed by atoms with van der Waals surface area (Å²) < 4.78 is 5.26. The summed E-state index contributed by atoms with van der Waals surface area (Å²) in [5.41, 5.74) is 1.41. The third-order valence-corrected chi connectivity index (χ3v) is 5.09. The number of rotatable bonds is 4. The highest BCUT2D eigenvalue weighted by molar-refractivity contribution is 7.12. The van der Waals surface area contributed by atoms with Gasteiger partial charge in [0, 0.05) is 22.2 Å². The van der Waals surface area contributed by atoms with E-state index in [1.807, 2.05) is 38.2 Å². The lowest BCUT2D eigenvalue weighted by Crippen LogP contribution is -2.30. The number of hydrogen-bond acceptors (Lipinski definition) is 4. The molecule has 1 aromatic carbocycles. The van der Waals surface area contributed by atoms with E-state index in [-0.39, 0.29) is 18.4 Å². The summed E-state index contributed by atoms with van der Waals surface area (Å²) in [6, 6.07) is 11.8. The van der Waals surface area contributed by atoms with Gasteiger partial charge in [0.25, 0.3) is 0 Å². The van der Waals surface area contributed by atoms with E-state index in [2.05, 4.69) is 24.2 Å². The number of carbonyl (C=O) groups excluding carboxylic acids is 1. The number of nitrogens with zero attached hydrogens (tertiary/aromatic N) is 2. The van der Waals surface area contributed by atoms with Gasteiger partial charge < -0.3 is 9.42 Å². The summed E-state index contributed by atoms with van der Waals surface area (Å²) in [5.74, 6) is 0.0395. The maximum absolute atomic E-state index is 12.5. The van der Waals surface area contributed by atoms with Crippen LogP contribution in [0.5, 0.6) is 0 Å². The fourth-order valence-electron chi connectivity index (χ4n) is 2.42. The van der Waals surface area contributed by atoms with Gasteiger partial charge in [0.15, 0.2) is 5.58 Å². The van der Waals surface area contributed by atoms with Crippen molar-refractivity contribution in [3.8, 4) is 0 Å². The minimum atomic E-state index is 0.0395. The van der Waals surface area contributed by atoms with E-state index in [9.17, 15) is 4.79 Å². The SMILES string of the molecule is Cc1ccc([C@@H](C)N(C)C(=O)Cc2noc3ccccc23)s1. The first-order valence-electron chi connectivity index (χ1n) is 7.21. The van der Waals surface area contributed by atoms with Gasteiger partial charge in [-0.2, -0.15) is 0 Å². The van der Waals surface area contributed by atoms with Crippen molar-refractivity contribution in [3.63, 3.8) is 0 Å². The molecule has 0 saturated carbocycles. The summed E-state index contributed by atoms with van der Waals surface area (Å²) in [5, 5.41) is 4.94. The Labute approximate surface area is 133 Å². The summed E-state index contributed by atoms with van der Waals surface area (Å²) in [7, 11) is 1.84. The number of likely N-dealkylation sites (N-methyl/N-ethyl adjacent to an activating group) is 1. The number of aromatic nitrogens is 1. The maximum Gasteiger partial charge on any atom is 0.229 e. The highest BCUT2D eigenvalue weighted by Crippen LogP contribution is 2.27. The highest BCUT2D eigenvalue weighted by atomic mass is 32.1. The molecule has 4 nitrogen and oxygen atoms in total. The van der Waals surface area contributed by atoms with Crippen LogP contribution in [-0.4, -0.2) is 23.0 Å². The fraction of sp³-hybridized carbons (Fsp3) is 0.294. The molecule has 1 atom stereocenters. The third kappa shape index (κ3) is 2.76. The number of thiophene rings is 1. The molecule has 5 heteroatoms. The van der Waals surface area contributed by atoms with Gasteiger partial charge >= 0.3 is 0 Å². The van der Waals surface area contributed by atoms with Crippen molar-refractivity contribution >= 4 is 28.2 Å². The molecule has 0 spiro atoms. The normalized spacial score (nSPS) is 12.5. The third-order valence-electron chi connectivity index (χ3n) is 3.92. The quantitative estimate of drug-likeness (QED) is 0.732. The first-order chi connectivity index (χ1) is 10.6. The van der Waals surface area contributed by atoms with Crippen LogP contribution in [-0.2, 0) is 11.2 Å². The Hall–Kier alpha value is -2.14. The Morgan fingerprint density at radius 3 is 2.82 bits per heavy atom. The molecule has 0 aliphatic rings. The van der Waals surface area contributed by atoms with Gasteiger partial charge in [0.2, 0.25) is 5.91 Å². The number of para-hydroxylation sites is 1. The monoisotopic (exact) mass is 314 g/mol. The summed E-state index contributed by atoms with van der Waals surface area (Å²) in [4.78, 5) is 16.7. The van der Waals surface area contributed by atoms with Crippen molar-refractivity contribution < 1.29 is 9.32 Å². The van der Waals surface area contributed by atoms with Crippen molar-refractivity contribution in [1.29, 1.82) is 0 Å². The average molecular weight is 314 g/mol. The highest BCUT2D eigenvalue weighted by Gasteiger charge is 2.21. The second-order valence-electron chi connectivity index (χ2n) is 5.43. The lowest BCUT2D eigenvalue weighted by atomic mass is 10.1. The molecule has 2 heterocycles. The van der Waals surface area contributed by atoms with Crippen LogP contribution in [0.4, 0.5) is 0 Å². The van der Waals surface area contributed by atoms with Crippen LogP contribution in [0.2, 0.25) is 0 Å². The molecule has 0 saturated heterocycles. The lowest BCUT2D eigenvalue weighted by Gasteiger charge is -2.23. The average Bonchev–Trinajstić information content (AvgIpc) is 3.13. The van der Waals surface area contributed by atoms with Gasteiger partial charge in [-0.15, -0.1) is 11.3 Å². The van der Waals surface area contributed by atoms with Gasteiger partial charge in [-0.3, -0.25) is 4.79 Å². The smallest absolute Gasteiger partial charge is 0.229 e. The molecule has 0 unspecified atom stereocenters. The first-order valence-corrected chi connectivity index (χ1v) is 8.03. The number of aryl methyl sites for hydroxylation is 1. The predicted molar refractivity (Wildman–Crippen MR) is 88.0 cm³/mol. The molecular formula is C17H18N2O2S. The number of benzene rings is 1. The van der Waals surface area contributed by atoms with Crippen molar-refractivity contribution in [2.75, 3.05) is 7.05 Å². The van der Waals surface area contributed by atoms with Crippen molar-refractivity contribution in [3.05, 3.63) is 51.8 Å². The van der Waals surface area contributed by atoms with E-state index in [0.717, 1.165) is 11.0 Å². The Balaban J connectivity index is 1.76. The second-order valence-corrected chi connectivity index (χ2v) is 6.75. The first kappa shape index (κ1) is 14.8. The molecule has 0 aliphatic carbocycles. The Bertz CT molecular complexity index is 806. The number of fused-ring (bicyclic) bond motifs is 1. The Morgan fingerprint density at radius 1 is 1.32 bits per heavy atom. The van der Waals surface area contributed by atoms with Crippen molar-refractivity contribution in [2.45, 2.75) is 26.3 Å². The molecule has 0 aliphatic heterocycles. The van der Waals surface area contributed by atoms with E-state index >= 15 is 0 Å². The van der Waals surface area contributed by atoms with Gasteiger partial charge in [-0.25, -0.2) is 0 Å². The Kier molecular flexibility index (Phi) is 3.98. The van der Waals surface area contributed by atoms with E-state index in [1.165, 1.54) is 9.75 Å². The predicted octanol–water partition coefficient (Wildman–Crippen LogP) is 3.96. The van der Waals surface area contributed by atoms with E-state index in [4.69, 9.17) is 4.52 Å². The zero-order chi connectivity index (χ0) is 15.7. The number of carbonyl (C=O) groups is 1. The minimum Gasteiger partial charge on any atom is -0.356 e. The molecule has 0 fully saturated rings. The minimum absolute atomic E-state index is 0.0395. The van der Waals surface area contributed by atoms with Gasteiger partial charge in [-0.1, -0.05) is 17.3 Å². The molecule has 1 amide bonds. The summed E-state index contributed by atoms with van der Waals surface area (Å²) in [6.45, 7) is 4.12. The molecule has 0 N–H and O–H groups in total. The summed E-state index contributed by atoms with van der Waals surface area (Å²) in [6.07, 6.45) is 0.252. The van der Waals surface area contributed by atoms with Gasteiger partial charge in [0.05, 0.1) is 12.5 Å². The van der Waals surface area contributed by atoms with E-state index in [1.54, 1.807) is 16.2 Å². The van der Waals surface area contributed by atoms with Crippen molar-refractivity contribution in [2.24, 2.45) is 0 Å². The zero-order valence-electron chi connectivity index (χ0n) is 12.9. The molecular weight excluding hydrogens is 296 g/mol. The summed E-state index contributed by atoms with van der Waals surface area (Å²) >= 11 is 1.72. The molecule has 2 aromatic heterocycles. The van der Waals surface area contributed by atoms with Gasteiger partial charge in [-0.05, 0) is 38.1 Å². The molecule has 3 aromatic rings. The van der Waals surface area contributed by atoms with Crippen LogP contribution < -0.4 is 0 Å². The standard InChI is InChI=1S/C17H18N2O2S/c1-11-8-9-16(22-11)12(2)19(3)17(20)10-14-13-6-4-5-7-15(13)21-18-14/h4-9,12H,10H2,1-3H3/t12-/m1/s1. The van der Waals surface area contributed by atoms with Crippen molar-refractivity contribution in [1.82, 2.24) is 10.1 Å². The zero-order valence-corrected chi connectivity index (χ0v) is 13.7. The lowest BCUT2D eigenvalue weighted by molar-refractivity contribution is -0.131. The van der Waals surface area contributed by atoms with Crippen LogP contribution >= 0.6 is 11.3 Å². The van der Waals surface area contributed by atoms with Crippen LogP contribution in [0.25, 0.3) is 11.0 Å². The van der Waals surface area contributed by atoms with Crippen LogP contribution in [0.3, 0.4) is 0 Å². The topological polar surface area (TPSA) is 46.3 Å². The van der Waals surface area contributed by atoms with Crippen LogP contribution in [0, 0.1) is 6.92 Å². The van der Waals surface area contributed by atoms with E-state index in [0.29, 0.717) is 5.69 Å². The number of amides is 1.